The van der Waals surface area contributed by atoms with Crippen LogP contribution in [0.5, 0.6) is 0 Å². The molecule has 0 bridgehead atoms. The van der Waals surface area contributed by atoms with Gasteiger partial charge in [0.25, 0.3) is 5.91 Å². The first-order chi connectivity index (χ1) is 13.2. The van der Waals surface area contributed by atoms with Crippen molar-refractivity contribution in [1.29, 1.82) is 0 Å². The fraction of sp³-hybridized carbons (Fsp3) is 0.368. The van der Waals surface area contributed by atoms with Crippen molar-refractivity contribution in [3.8, 4) is 11.3 Å². The molecule has 2 saturated heterocycles. The molecule has 3 atom stereocenters. The third kappa shape index (κ3) is 3.50. The molecule has 0 unspecified atom stereocenters. The molecule has 2 fully saturated rings. The number of β-lactam (4-membered cyclic amide) rings is 1. The summed E-state index contributed by atoms with van der Waals surface area (Å²) in [5.41, 5.74) is 1.41. The molecule has 0 spiro atoms. The molecule has 0 aliphatic carbocycles. The Kier molecular flexibility index (Phi) is 5.88. The molecule has 10 heteroatoms. The van der Waals surface area contributed by atoms with Gasteiger partial charge in [-0.15, -0.1) is 11.8 Å². The van der Waals surface area contributed by atoms with Crippen LogP contribution < -0.4 is 5.32 Å². The molecule has 1 aromatic heterocycles. The predicted molar refractivity (Wildman–Crippen MR) is 109 cm³/mol. The van der Waals surface area contributed by atoms with Crippen molar-refractivity contribution >= 4 is 59.1 Å². The topological polar surface area (TPSA) is 113 Å². The molecule has 8 nitrogen and oxygen atoms in total. The van der Waals surface area contributed by atoms with E-state index in [2.05, 4.69) is 10.5 Å². The molecule has 2 N–H and O–H groups in total. The molecule has 2 amide bonds. The van der Waals surface area contributed by atoms with Crippen LogP contribution in [0.2, 0.25) is 0 Å². The summed E-state index contributed by atoms with van der Waals surface area (Å²) in [6, 6.07) is 7.46. The molecule has 4 rings (SSSR count). The molecule has 1 aromatic carbocycles. The van der Waals surface area contributed by atoms with Crippen molar-refractivity contribution in [2.75, 3.05) is 0 Å². The first kappa shape index (κ1) is 21.9. The number of carbonyl (C=O) groups is 3. The second-order valence-electron chi connectivity index (χ2n) is 7.38. The summed E-state index contributed by atoms with van der Waals surface area (Å²) < 4.78 is 4.57. The summed E-state index contributed by atoms with van der Waals surface area (Å²) in [5, 5.41) is 15.8. The van der Waals surface area contributed by atoms with Crippen LogP contribution in [0.15, 0.2) is 34.9 Å². The van der Waals surface area contributed by atoms with Crippen LogP contribution in [-0.2, 0) is 9.59 Å². The van der Waals surface area contributed by atoms with Crippen LogP contribution in [-0.4, -0.2) is 84.7 Å². The number of nitrogens with one attached hydrogen (secondary N) is 1. The Bertz CT molecular complexity index is 977. The molecule has 148 valence electrons. The zero-order chi connectivity index (χ0) is 20.2. The van der Waals surface area contributed by atoms with Crippen LogP contribution >= 0.6 is 11.8 Å². The van der Waals surface area contributed by atoms with Crippen molar-refractivity contribution in [2.24, 2.45) is 0 Å². The van der Waals surface area contributed by atoms with Crippen LogP contribution in [0, 0.1) is 6.92 Å². The number of carboxylic acid groups (broad SMARTS) is 1. The molecule has 2 aliphatic rings. The maximum absolute atomic E-state index is 12.9. The monoisotopic (exact) mass is 425 g/mol. The van der Waals surface area contributed by atoms with E-state index in [9.17, 15) is 19.5 Å². The zero-order valence-corrected chi connectivity index (χ0v) is 16.3. The first-order valence-electron chi connectivity index (χ1n) is 8.77. The van der Waals surface area contributed by atoms with Gasteiger partial charge in [0.05, 0.1) is 0 Å². The number of thioether (sulfide) groups is 1. The number of amides is 2. The fourth-order valence-corrected chi connectivity index (χ4v) is 5.42. The quantitative estimate of drug-likeness (QED) is 0.560. The number of benzene rings is 1. The SMILES string of the molecule is Cc1onc(-c2ccccc2)c1C(=O)N[C@@H]1C(=O)N2[C@@H]1SC(C)(C)[C@@H]2C(=O)O.[NaH]. The second-order valence-corrected chi connectivity index (χ2v) is 9.15. The normalized spacial score (nSPS) is 24.3. The molecule has 29 heavy (non-hydrogen) atoms. The summed E-state index contributed by atoms with van der Waals surface area (Å²) in [6.07, 6.45) is 0. The summed E-state index contributed by atoms with van der Waals surface area (Å²) >= 11 is 1.38. The van der Waals surface area contributed by atoms with E-state index in [4.69, 9.17) is 4.52 Å². The van der Waals surface area contributed by atoms with E-state index in [1.165, 1.54) is 16.7 Å². The van der Waals surface area contributed by atoms with Crippen LogP contribution in [0.3, 0.4) is 0 Å². The Morgan fingerprint density at radius 3 is 2.55 bits per heavy atom. The van der Waals surface area contributed by atoms with Gasteiger partial charge in [-0.25, -0.2) is 4.79 Å². The average Bonchev–Trinajstić information content (AvgIpc) is 3.15. The summed E-state index contributed by atoms with van der Waals surface area (Å²) in [6.45, 7) is 5.22. The number of carbonyl (C=O) groups excluding carboxylic acids is 2. The average molecular weight is 425 g/mol. The summed E-state index contributed by atoms with van der Waals surface area (Å²) in [7, 11) is 0. The Morgan fingerprint density at radius 2 is 1.93 bits per heavy atom. The first-order valence-corrected chi connectivity index (χ1v) is 9.65. The third-order valence-corrected chi connectivity index (χ3v) is 6.67. The van der Waals surface area contributed by atoms with Crippen LogP contribution in [0.25, 0.3) is 11.3 Å². The molecule has 3 heterocycles. The van der Waals surface area contributed by atoms with Crippen LogP contribution in [0.4, 0.5) is 0 Å². The third-order valence-electron chi connectivity index (χ3n) is 5.10. The van der Waals surface area contributed by atoms with Gasteiger partial charge in [-0.3, -0.25) is 9.59 Å². The van der Waals surface area contributed by atoms with E-state index >= 15 is 0 Å². The number of aliphatic carboxylic acids is 1. The Balaban J connectivity index is 0.00000240. The van der Waals surface area contributed by atoms with Crippen LogP contribution in [0.1, 0.15) is 30.0 Å². The van der Waals surface area contributed by atoms with Crippen molar-refractivity contribution in [1.82, 2.24) is 15.4 Å². The number of aromatic nitrogens is 1. The standard InChI is InChI=1S/C19H19N3O5S.Na.H/c1-9-11(12(21-27-9)10-7-5-4-6-8-10)15(23)20-13-16(24)22-14(18(25)26)19(2,3)28-17(13)22;;/h4-8,13-14,17H,1-3H3,(H,20,23)(H,25,26);;/t13-,14+,17-;;/m1../s1. The van der Waals surface area contributed by atoms with Gasteiger partial charge in [-0.05, 0) is 20.8 Å². The number of hydrogen-bond donors (Lipinski definition) is 2. The van der Waals surface area contributed by atoms with Gasteiger partial charge in [-0.1, -0.05) is 35.5 Å². The number of carboxylic acids is 1. The summed E-state index contributed by atoms with van der Waals surface area (Å²) in [5.74, 6) is -1.55. The van der Waals surface area contributed by atoms with Gasteiger partial charge in [0.15, 0.2) is 0 Å². The number of rotatable bonds is 4. The Labute approximate surface area is 193 Å². The maximum atomic E-state index is 12.9. The number of aryl methyl sites for hydroxylation is 1. The molecule has 0 saturated carbocycles. The van der Waals surface area contributed by atoms with Gasteiger partial charge < -0.3 is 19.8 Å². The van der Waals surface area contributed by atoms with E-state index in [0.29, 0.717) is 11.5 Å². The van der Waals surface area contributed by atoms with Gasteiger partial charge in [0, 0.05) is 10.3 Å². The Morgan fingerprint density at radius 1 is 1.28 bits per heavy atom. The summed E-state index contributed by atoms with van der Waals surface area (Å²) in [4.78, 5) is 38.5. The van der Waals surface area contributed by atoms with E-state index in [0.717, 1.165) is 5.56 Å². The number of nitrogens with zero attached hydrogens (tertiary/aromatic N) is 2. The molecular formula is C19H20N3NaO5S. The van der Waals surface area contributed by atoms with E-state index in [1.54, 1.807) is 20.8 Å². The molecule has 0 radical (unpaired) electrons. The van der Waals surface area contributed by atoms with Crippen molar-refractivity contribution < 1.29 is 24.0 Å². The van der Waals surface area contributed by atoms with Gasteiger partial charge in [0.2, 0.25) is 5.91 Å². The number of fused-ring (bicyclic) bond motifs is 1. The number of hydrogen-bond acceptors (Lipinski definition) is 6. The van der Waals surface area contributed by atoms with E-state index < -0.39 is 34.1 Å². The van der Waals surface area contributed by atoms with Crippen molar-refractivity contribution in [2.45, 2.75) is 43.0 Å². The van der Waals surface area contributed by atoms with E-state index in [-0.39, 0.29) is 41.0 Å². The minimum atomic E-state index is -1.04. The van der Waals surface area contributed by atoms with Gasteiger partial charge in [-0.2, -0.15) is 0 Å². The predicted octanol–water partition coefficient (Wildman–Crippen LogP) is 1.25. The molecule has 2 aromatic rings. The second kappa shape index (κ2) is 7.79. The molecular weight excluding hydrogens is 405 g/mol. The molecule has 2 aliphatic heterocycles. The van der Waals surface area contributed by atoms with Crippen molar-refractivity contribution in [3.05, 3.63) is 41.7 Å². The van der Waals surface area contributed by atoms with E-state index in [1.807, 2.05) is 30.3 Å². The van der Waals surface area contributed by atoms with Crippen molar-refractivity contribution in [3.63, 3.8) is 0 Å². The van der Waals surface area contributed by atoms with Gasteiger partial charge >= 0.3 is 35.5 Å². The fourth-order valence-electron chi connectivity index (χ4n) is 3.79. The van der Waals surface area contributed by atoms with Gasteiger partial charge in [0.1, 0.15) is 34.5 Å². The minimum absolute atomic E-state index is 0. The zero-order valence-electron chi connectivity index (χ0n) is 15.5. The Hall–Kier alpha value is -1.81.